The third-order valence-electron chi connectivity index (χ3n) is 3.58. The monoisotopic (exact) mass is 425 g/mol. The summed E-state index contributed by atoms with van der Waals surface area (Å²) in [6, 6.07) is 18.3. The summed E-state index contributed by atoms with van der Waals surface area (Å²) in [4.78, 5) is 17.5. The predicted molar refractivity (Wildman–Crippen MR) is 107 cm³/mol. The highest BCUT2D eigenvalue weighted by atomic mass is 79.9. The van der Waals surface area contributed by atoms with Crippen LogP contribution in [0.2, 0.25) is 0 Å². The van der Waals surface area contributed by atoms with Crippen molar-refractivity contribution in [1.82, 2.24) is 4.98 Å². The van der Waals surface area contributed by atoms with Gasteiger partial charge in [-0.15, -0.1) is 0 Å². The van der Waals surface area contributed by atoms with Crippen LogP contribution in [0.25, 0.3) is 10.2 Å². The Kier molecular flexibility index (Phi) is 4.64. The van der Waals surface area contributed by atoms with Gasteiger partial charge in [0.05, 0.1) is 22.7 Å². The van der Waals surface area contributed by atoms with Gasteiger partial charge >= 0.3 is 0 Å². The van der Waals surface area contributed by atoms with Gasteiger partial charge in [-0.05, 0) is 42.5 Å². The molecule has 2 heterocycles. The first-order valence-corrected chi connectivity index (χ1v) is 9.35. The maximum Gasteiger partial charge on any atom is 0.280 e. The largest absolute Gasteiger partial charge is 0.463 e. The molecule has 0 saturated heterocycles. The quantitative estimate of drug-likeness (QED) is 0.327. The molecular weight excluding hydrogens is 414 g/mol. The van der Waals surface area contributed by atoms with Gasteiger partial charge in [0.2, 0.25) is 5.13 Å². The molecule has 128 valence electrons. The van der Waals surface area contributed by atoms with Crippen LogP contribution in [0.3, 0.4) is 0 Å². The van der Waals surface area contributed by atoms with Crippen LogP contribution in [-0.2, 0) is 0 Å². The van der Waals surface area contributed by atoms with Gasteiger partial charge in [0, 0.05) is 10.0 Å². The number of halogens is 1. The Balaban J connectivity index is 1.77. The van der Waals surface area contributed by atoms with Gasteiger partial charge in [0.25, 0.3) is 5.91 Å². The smallest absolute Gasteiger partial charge is 0.280 e. The lowest BCUT2D eigenvalue weighted by Crippen LogP contribution is -2.25. The van der Waals surface area contributed by atoms with Crippen LogP contribution in [0.15, 0.2) is 80.9 Å². The number of fused-ring (bicyclic) bond motifs is 1. The normalized spacial score (nSPS) is 11.3. The van der Waals surface area contributed by atoms with Crippen molar-refractivity contribution in [3.8, 4) is 0 Å². The van der Waals surface area contributed by atoms with Crippen molar-refractivity contribution in [3.05, 3.63) is 82.7 Å². The molecule has 0 atom stereocenters. The first-order chi connectivity index (χ1) is 12.7. The fourth-order valence-electron chi connectivity index (χ4n) is 2.35. The number of furan rings is 1. The molecule has 26 heavy (non-hydrogen) atoms. The number of hydrazone groups is 1. The van der Waals surface area contributed by atoms with Crippen molar-refractivity contribution in [2.45, 2.75) is 0 Å². The van der Waals surface area contributed by atoms with E-state index in [2.05, 4.69) is 26.0 Å². The molecule has 0 saturated carbocycles. The summed E-state index contributed by atoms with van der Waals surface area (Å²) in [5.74, 6) is 0.297. The number of hydrogen-bond acceptors (Lipinski definition) is 5. The van der Waals surface area contributed by atoms with E-state index >= 15 is 0 Å². The molecule has 0 bridgehead atoms. The minimum atomic E-state index is -0.258. The molecule has 0 aliphatic carbocycles. The van der Waals surface area contributed by atoms with Gasteiger partial charge in [-0.3, -0.25) is 4.79 Å². The van der Waals surface area contributed by atoms with Crippen molar-refractivity contribution in [2.75, 3.05) is 5.01 Å². The summed E-state index contributed by atoms with van der Waals surface area (Å²) < 4.78 is 7.19. The van der Waals surface area contributed by atoms with E-state index in [1.807, 2.05) is 36.4 Å². The van der Waals surface area contributed by atoms with Crippen LogP contribution >= 0.6 is 27.3 Å². The van der Waals surface area contributed by atoms with Crippen LogP contribution in [-0.4, -0.2) is 17.1 Å². The minimum absolute atomic E-state index is 0.258. The zero-order chi connectivity index (χ0) is 17.9. The highest BCUT2D eigenvalue weighted by Gasteiger charge is 2.21. The molecule has 0 N–H and O–H groups in total. The van der Waals surface area contributed by atoms with Crippen LogP contribution in [0, 0.1) is 0 Å². The Morgan fingerprint density at radius 3 is 2.77 bits per heavy atom. The van der Waals surface area contributed by atoms with E-state index in [-0.39, 0.29) is 5.91 Å². The second-order valence-corrected chi connectivity index (χ2v) is 7.28. The lowest BCUT2D eigenvalue weighted by Gasteiger charge is -2.13. The summed E-state index contributed by atoms with van der Waals surface area (Å²) in [5, 5.41) is 6.13. The Morgan fingerprint density at radius 2 is 2.00 bits per heavy atom. The van der Waals surface area contributed by atoms with Crippen LogP contribution < -0.4 is 5.01 Å². The van der Waals surface area contributed by atoms with Crippen molar-refractivity contribution >= 4 is 54.7 Å². The fourth-order valence-corrected chi connectivity index (χ4v) is 3.82. The van der Waals surface area contributed by atoms with Crippen LogP contribution in [0.4, 0.5) is 5.13 Å². The van der Waals surface area contributed by atoms with Gasteiger partial charge in [-0.25, -0.2) is 4.98 Å². The molecule has 4 aromatic rings. The summed E-state index contributed by atoms with van der Waals surface area (Å²) in [6.45, 7) is 0. The molecule has 0 unspecified atom stereocenters. The molecule has 1 amide bonds. The molecule has 0 aliphatic rings. The second-order valence-electron chi connectivity index (χ2n) is 5.35. The van der Waals surface area contributed by atoms with Crippen LogP contribution in [0.5, 0.6) is 0 Å². The first kappa shape index (κ1) is 16.7. The number of thiazole rings is 1. The number of rotatable bonds is 4. The van der Waals surface area contributed by atoms with Crippen molar-refractivity contribution in [2.24, 2.45) is 5.10 Å². The van der Waals surface area contributed by atoms with E-state index < -0.39 is 0 Å². The summed E-state index contributed by atoms with van der Waals surface area (Å²) >= 11 is 4.86. The van der Waals surface area contributed by atoms with E-state index in [9.17, 15) is 4.79 Å². The third-order valence-corrected chi connectivity index (χ3v) is 5.06. The fraction of sp³-hybridized carbons (Fsp3) is 0. The van der Waals surface area contributed by atoms with Gasteiger partial charge in [-0.2, -0.15) is 10.1 Å². The Bertz CT molecular complexity index is 1070. The first-order valence-electron chi connectivity index (χ1n) is 7.74. The van der Waals surface area contributed by atoms with Gasteiger partial charge in [-0.1, -0.05) is 45.5 Å². The summed E-state index contributed by atoms with van der Waals surface area (Å²) in [7, 11) is 0. The molecule has 7 heteroatoms. The lowest BCUT2D eigenvalue weighted by atomic mass is 10.2. The number of carbonyl (C=O) groups excluding carboxylic acids is 1. The highest BCUT2D eigenvalue weighted by Crippen LogP contribution is 2.31. The Morgan fingerprint density at radius 1 is 1.15 bits per heavy atom. The van der Waals surface area contributed by atoms with Gasteiger partial charge in [0.1, 0.15) is 5.76 Å². The van der Waals surface area contributed by atoms with Crippen molar-refractivity contribution in [1.29, 1.82) is 0 Å². The van der Waals surface area contributed by atoms with E-state index in [4.69, 9.17) is 4.42 Å². The zero-order valence-electron chi connectivity index (χ0n) is 13.4. The van der Waals surface area contributed by atoms with E-state index in [1.165, 1.54) is 22.6 Å². The number of aromatic nitrogens is 1. The Hall–Kier alpha value is -2.77. The summed E-state index contributed by atoms with van der Waals surface area (Å²) in [5.41, 5.74) is 1.34. The molecule has 4 rings (SSSR count). The number of nitrogens with zero attached hydrogens (tertiary/aromatic N) is 3. The number of amides is 1. The Labute approximate surface area is 161 Å². The van der Waals surface area contributed by atoms with E-state index in [1.54, 1.807) is 30.5 Å². The number of hydrogen-bond donors (Lipinski definition) is 0. The predicted octanol–water partition coefficient (Wildman–Crippen LogP) is 5.33. The second kappa shape index (κ2) is 7.23. The average Bonchev–Trinajstić information content (AvgIpc) is 3.31. The van der Waals surface area contributed by atoms with Crippen molar-refractivity contribution < 1.29 is 9.21 Å². The maximum atomic E-state index is 13.0. The molecule has 0 radical (unpaired) electrons. The number of benzene rings is 2. The highest BCUT2D eigenvalue weighted by molar-refractivity contribution is 9.10. The number of anilines is 1. The lowest BCUT2D eigenvalue weighted by molar-refractivity contribution is 0.0988. The third kappa shape index (κ3) is 3.44. The number of carbonyl (C=O) groups is 1. The molecule has 2 aromatic carbocycles. The molecule has 0 spiro atoms. The SMILES string of the molecule is O=C(c1ccccc1)N(/N=C/c1ccco1)c1nc2ccc(Br)cc2s1. The average molecular weight is 426 g/mol. The molecule has 0 aliphatic heterocycles. The van der Waals surface area contributed by atoms with Crippen LogP contribution in [0.1, 0.15) is 16.1 Å². The minimum Gasteiger partial charge on any atom is -0.463 e. The zero-order valence-corrected chi connectivity index (χ0v) is 15.8. The van der Waals surface area contributed by atoms with Gasteiger partial charge < -0.3 is 4.42 Å². The molecular formula is C19H12BrN3O2S. The van der Waals surface area contributed by atoms with E-state index in [0.717, 1.165) is 14.7 Å². The standard InChI is InChI=1S/C19H12BrN3O2S/c20-14-8-9-16-17(11-14)26-19(22-16)23(21-12-15-7-4-10-25-15)18(24)13-5-2-1-3-6-13/h1-12H/b21-12+. The summed E-state index contributed by atoms with van der Waals surface area (Å²) in [6.07, 6.45) is 3.06. The van der Waals surface area contributed by atoms with Gasteiger partial charge in [0.15, 0.2) is 0 Å². The topological polar surface area (TPSA) is 58.7 Å². The maximum absolute atomic E-state index is 13.0. The molecule has 0 fully saturated rings. The molecule has 5 nitrogen and oxygen atoms in total. The van der Waals surface area contributed by atoms with Crippen molar-refractivity contribution in [3.63, 3.8) is 0 Å². The molecule has 2 aromatic heterocycles. The van der Waals surface area contributed by atoms with E-state index in [0.29, 0.717) is 16.5 Å².